The Balaban J connectivity index is 1.89. The van der Waals surface area contributed by atoms with Crippen molar-refractivity contribution in [1.29, 1.82) is 0 Å². The quantitative estimate of drug-likeness (QED) is 0.570. The van der Waals surface area contributed by atoms with Gasteiger partial charge in [0.15, 0.2) is 0 Å². The van der Waals surface area contributed by atoms with Crippen LogP contribution in [0.2, 0.25) is 0 Å². The third kappa shape index (κ3) is 3.80. The first-order valence-electron chi connectivity index (χ1n) is 6.46. The van der Waals surface area contributed by atoms with Gasteiger partial charge in [-0.05, 0) is 31.0 Å². The molecule has 104 valence electrons. The van der Waals surface area contributed by atoms with E-state index in [2.05, 4.69) is 40.8 Å². The number of hydrogen-bond donors (Lipinski definition) is 3. The lowest BCUT2D eigenvalue weighted by Gasteiger charge is -2.06. The Kier molecular flexibility index (Phi) is 4.68. The van der Waals surface area contributed by atoms with Crippen LogP contribution in [0.1, 0.15) is 21.6 Å². The average Bonchev–Trinajstić information content (AvgIpc) is 2.47. The lowest BCUT2D eigenvalue weighted by Crippen LogP contribution is -2.27. The fourth-order valence-electron chi connectivity index (χ4n) is 1.92. The SMILES string of the molecule is Cc1cccc(CCNC(=O)c2cccc(NN)n2)c1. The van der Waals surface area contributed by atoms with Crippen molar-refractivity contribution in [2.45, 2.75) is 13.3 Å². The second kappa shape index (κ2) is 6.68. The van der Waals surface area contributed by atoms with Crippen molar-refractivity contribution in [2.24, 2.45) is 5.84 Å². The van der Waals surface area contributed by atoms with Crippen LogP contribution in [0.15, 0.2) is 42.5 Å². The summed E-state index contributed by atoms with van der Waals surface area (Å²) in [4.78, 5) is 16.0. The van der Waals surface area contributed by atoms with E-state index in [0.717, 1.165) is 6.42 Å². The fraction of sp³-hybridized carbons (Fsp3) is 0.200. The van der Waals surface area contributed by atoms with Gasteiger partial charge >= 0.3 is 0 Å². The second-order valence-electron chi connectivity index (χ2n) is 4.55. The summed E-state index contributed by atoms with van der Waals surface area (Å²) in [6, 6.07) is 13.3. The van der Waals surface area contributed by atoms with Crippen molar-refractivity contribution in [3.05, 3.63) is 59.3 Å². The molecule has 0 spiro atoms. The molecular weight excluding hydrogens is 252 g/mol. The molecule has 2 aromatic rings. The molecule has 0 radical (unpaired) electrons. The number of hydrogen-bond acceptors (Lipinski definition) is 4. The van der Waals surface area contributed by atoms with Gasteiger partial charge in [0.1, 0.15) is 11.5 Å². The maximum atomic E-state index is 11.9. The van der Waals surface area contributed by atoms with E-state index in [4.69, 9.17) is 5.84 Å². The van der Waals surface area contributed by atoms with E-state index in [0.29, 0.717) is 18.1 Å². The highest BCUT2D eigenvalue weighted by atomic mass is 16.1. The lowest BCUT2D eigenvalue weighted by molar-refractivity contribution is 0.0949. The molecule has 0 saturated heterocycles. The van der Waals surface area contributed by atoms with Gasteiger partial charge in [-0.15, -0.1) is 0 Å². The van der Waals surface area contributed by atoms with E-state index < -0.39 is 0 Å². The number of amides is 1. The predicted octanol–water partition coefficient (Wildman–Crippen LogP) is 1.65. The first-order chi connectivity index (χ1) is 9.69. The molecule has 0 fully saturated rings. The van der Waals surface area contributed by atoms with Crippen molar-refractivity contribution in [1.82, 2.24) is 10.3 Å². The van der Waals surface area contributed by atoms with E-state index in [-0.39, 0.29) is 5.91 Å². The first kappa shape index (κ1) is 14.0. The molecule has 20 heavy (non-hydrogen) atoms. The van der Waals surface area contributed by atoms with E-state index in [1.54, 1.807) is 18.2 Å². The minimum Gasteiger partial charge on any atom is -0.350 e. The largest absolute Gasteiger partial charge is 0.350 e. The standard InChI is InChI=1S/C15H18N4O/c1-11-4-2-5-12(10-11)8-9-17-15(20)13-6-3-7-14(18-13)19-16/h2-7,10H,8-9,16H2,1H3,(H,17,20)(H,18,19). The molecule has 0 aliphatic heterocycles. The minimum absolute atomic E-state index is 0.199. The summed E-state index contributed by atoms with van der Waals surface area (Å²) < 4.78 is 0. The van der Waals surface area contributed by atoms with Gasteiger partial charge in [0, 0.05) is 6.54 Å². The Bertz CT molecular complexity index is 598. The number of hydrazine groups is 1. The molecule has 0 aliphatic rings. The average molecular weight is 270 g/mol. The minimum atomic E-state index is -0.199. The highest BCUT2D eigenvalue weighted by Gasteiger charge is 2.07. The van der Waals surface area contributed by atoms with Crippen LogP contribution in [0.4, 0.5) is 5.82 Å². The molecule has 1 aromatic carbocycles. The number of carbonyl (C=O) groups excluding carboxylic acids is 1. The molecule has 2 rings (SSSR count). The van der Waals surface area contributed by atoms with Crippen LogP contribution >= 0.6 is 0 Å². The van der Waals surface area contributed by atoms with Crippen molar-refractivity contribution in [3.63, 3.8) is 0 Å². The second-order valence-corrected chi connectivity index (χ2v) is 4.55. The summed E-state index contributed by atoms with van der Waals surface area (Å²) in [5.41, 5.74) is 5.19. The number of aromatic nitrogens is 1. The van der Waals surface area contributed by atoms with Crippen LogP contribution in [-0.2, 0) is 6.42 Å². The number of nitrogen functional groups attached to an aromatic ring is 1. The van der Waals surface area contributed by atoms with E-state index >= 15 is 0 Å². The Labute approximate surface area is 118 Å². The number of aryl methyl sites for hydroxylation is 1. The van der Waals surface area contributed by atoms with Gasteiger partial charge < -0.3 is 10.7 Å². The fourth-order valence-corrected chi connectivity index (χ4v) is 1.92. The Morgan fingerprint density at radius 3 is 2.80 bits per heavy atom. The van der Waals surface area contributed by atoms with Crippen LogP contribution in [0, 0.1) is 6.92 Å². The summed E-state index contributed by atoms with van der Waals surface area (Å²) in [7, 11) is 0. The Morgan fingerprint density at radius 2 is 2.05 bits per heavy atom. The maximum absolute atomic E-state index is 11.9. The number of anilines is 1. The lowest BCUT2D eigenvalue weighted by atomic mass is 10.1. The Morgan fingerprint density at radius 1 is 1.25 bits per heavy atom. The summed E-state index contributed by atoms with van der Waals surface area (Å²) in [6.07, 6.45) is 0.794. The first-order valence-corrected chi connectivity index (χ1v) is 6.46. The van der Waals surface area contributed by atoms with E-state index in [1.165, 1.54) is 11.1 Å². The van der Waals surface area contributed by atoms with E-state index in [1.807, 2.05) is 6.07 Å². The zero-order chi connectivity index (χ0) is 14.4. The molecule has 5 nitrogen and oxygen atoms in total. The number of rotatable bonds is 5. The summed E-state index contributed by atoms with van der Waals surface area (Å²) in [6.45, 7) is 2.63. The maximum Gasteiger partial charge on any atom is 0.269 e. The zero-order valence-electron chi connectivity index (χ0n) is 11.4. The molecule has 0 unspecified atom stereocenters. The molecule has 1 heterocycles. The van der Waals surface area contributed by atoms with Crippen LogP contribution in [-0.4, -0.2) is 17.4 Å². The predicted molar refractivity (Wildman–Crippen MR) is 79.3 cm³/mol. The van der Waals surface area contributed by atoms with Crippen LogP contribution in [0.25, 0.3) is 0 Å². The number of nitrogens with zero attached hydrogens (tertiary/aromatic N) is 1. The number of nitrogens with two attached hydrogens (primary N) is 1. The molecule has 4 N–H and O–H groups in total. The number of carbonyl (C=O) groups is 1. The molecule has 0 atom stereocenters. The van der Waals surface area contributed by atoms with Gasteiger partial charge in [-0.2, -0.15) is 0 Å². The third-order valence-electron chi connectivity index (χ3n) is 2.91. The van der Waals surface area contributed by atoms with Crippen molar-refractivity contribution in [3.8, 4) is 0 Å². The molecule has 0 bridgehead atoms. The molecule has 5 heteroatoms. The normalized spacial score (nSPS) is 10.1. The topological polar surface area (TPSA) is 80.0 Å². The number of nitrogens with one attached hydrogen (secondary N) is 2. The van der Waals surface area contributed by atoms with Crippen LogP contribution in [0.5, 0.6) is 0 Å². The Hall–Kier alpha value is -2.40. The third-order valence-corrected chi connectivity index (χ3v) is 2.91. The van der Waals surface area contributed by atoms with Gasteiger partial charge in [0.2, 0.25) is 0 Å². The van der Waals surface area contributed by atoms with Gasteiger partial charge in [0.05, 0.1) is 0 Å². The molecule has 1 aromatic heterocycles. The van der Waals surface area contributed by atoms with Crippen molar-refractivity contribution >= 4 is 11.7 Å². The number of pyridine rings is 1. The van der Waals surface area contributed by atoms with Gasteiger partial charge in [0.25, 0.3) is 5.91 Å². The highest BCUT2D eigenvalue weighted by molar-refractivity contribution is 5.92. The molecule has 0 saturated carbocycles. The van der Waals surface area contributed by atoms with Crippen molar-refractivity contribution in [2.75, 3.05) is 12.0 Å². The molecule has 0 aliphatic carbocycles. The molecule has 1 amide bonds. The summed E-state index contributed by atoms with van der Waals surface area (Å²) in [5, 5.41) is 2.85. The smallest absolute Gasteiger partial charge is 0.269 e. The number of benzene rings is 1. The monoisotopic (exact) mass is 270 g/mol. The van der Waals surface area contributed by atoms with Gasteiger partial charge in [-0.1, -0.05) is 35.9 Å². The van der Waals surface area contributed by atoms with Gasteiger partial charge in [-0.3, -0.25) is 4.79 Å². The van der Waals surface area contributed by atoms with E-state index in [9.17, 15) is 4.79 Å². The van der Waals surface area contributed by atoms with Gasteiger partial charge in [-0.25, -0.2) is 10.8 Å². The van der Waals surface area contributed by atoms with Crippen molar-refractivity contribution < 1.29 is 4.79 Å². The van der Waals surface area contributed by atoms with Crippen LogP contribution in [0.3, 0.4) is 0 Å². The summed E-state index contributed by atoms with van der Waals surface area (Å²) in [5.74, 6) is 5.53. The zero-order valence-corrected chi connectivity index (χ0v) is 11.4. The van der Waals surface area contributed by atoms with Crippen LogP contribution < -0.4 is 16.6 Å². The summed E-state index contributed by atoms with van der Waals surface area (Å²) >= 11 is 0. The molecular formula is C15H18N4O. The highest BCUT2D eigenvalue weighted by Crippen LogP contribution is 2.05.